The Hall–Kier alpha value is -0.870. The molecule has 4 heteroatoms. The van der Waals surface area contributed by atoms with E-state index in [1.165, 1.54) is 0 Å². The van der Waals surface area contributed by atoms with Gasteiger partial charge in [-0.2, -0.15) is 4.31 Å². The normalized spacial score (nSPS) is 22.2. The minimum absolute atomic E-state index is 0.706. The van der Waals surface area contributed by atoms with E-state index in [0.717, 1.165) is 24.4 Å². The Labute approximate surface area is 80.8 Å². The van der Waals surface area contributed by atoms with Gasteiger partial charge < -0.3 is 10.3 Å². The summed E-state index contributed by atoms with van der Waals surface area (Å²) in [6.45, 7) is 0.848. The van der Waals surface area contributed by atoms with Crippen molar-refractivity contribution in [1.82, 2.24) is 0 Å². The zero-order chi connectivity index (χ0) is 9.26. The summed E-state index contributed by atoms with van der Waals surface area (Å²) in [7, 11) is 0. The molecule has 0 spiro atoms. The molecule has 0 aromatic heterocycles. The zero-order valence-electron chi connectivity index (χ0n) is 7.27. The maximum atomic E-state index is 11.5. The first-order chi connectivity index (χ1) is 6.29. The van der Waals surface area contributed by atoms with Gasteiger partial charge in [-0.25, -0.2) is 0 Å². The molecule has 3 nitrogen and oxygen atoms in total. The average molecular weight is 196 g/mol. The molecule has 1 aromatic rings. The third kappa shape index (κ3) is 1.59. The third-order valence-electron chi connectivity index (χ3n) is 2.13. The topological polar surface area (TPSA) is 52.3 Å². The number of hydrogen-bond acceptors (Lipinski definition) is 3. The van der Waals surface area contributed by atoms with E-state index in [4.69, 9.17) is 5.73 Å². The SMILES string of the molecule is Nc1ccccc1N1CCC[S+]1[O-]. The quantitative estimate of drug-likeness (QED) is 0.541. The van der Waals surface area contributed by atoms with E-state index < -0.39 is 11.4 Å². The fourth-order valence-electron chi connectivity index (χ4n) is 1.49. The maximum Gasteiger partial charge on any atom is 0.133 e. The van der Waals surface area contributed by atoms with Gasteiger partial charge in [0.25, 0.3) is 0 Å². The van der Waals surface area contributed by atoms with Crippen LogP contribution < -0.4 is 10.0 Å². The van der Waals surface area contributed by atoms with Crippen LogP contribution in [-0.4, -0.2) is 16.9 Å². The molecule has 1 fully saturated rings. The summed E-state index contributed by atoms with van der Waals surface area (Å²) in [4.78, 5) is 0. The highest BCUT2D eigenvalue weighted by atomic mass is 32.2. The lowest BCUT2D eigenvalue weighted by molar-refractivity contribution is 0.598. The molecule has 1 saturated heterocycles. The molecule has 1 unspecified atom stereocenters. The minimum Gasteiger partial charge on any atom is -0.593 e. The van der Waals surface area contributed by atoms with Gasteiger partial charge in [0.1, 0.15) is 11.4 Å². The van der Waals surface area contributed by atoms with Crippen molar-refractivity contribution in [3.8, 4) is 0 Å². The Bertz CT molecular complexity index is 305. The number of nitrogens with two attached hydrogens (primary N) is 1. The molecule has 0 radical (unpaired) electrons. The van der Waals surface area contributed by atoms with Crippen molar-refractivity contribution < 1.29 is 4.55 Å². The fraction of sp³-hybridized carbons (Fsp3) is 0.333. The van der Waals surface area contributed by atoms with Crippen LogP contribution in [0.1, 0.15) is 6.42 Å². The first kappa shape index (κ1) is 8.72. The molecule has 1 aliphatic heterocycles. The van der Waals surface area contributed by atoms with E-state index in [-0.39, 0.29) is 0 Å². The zero-order valence-corrected chi connectivity index (χ0v) is 8.09. The summed E-state index contributed by atoms with van der Waals surface area (Å²) in [6.07, 6.45) is 0.987. The molecule has 0 bridgehead atoms. The predicted octanol–water partition coefficient (Wildman–Crippen LogP) is 1.14. The van der Waals surface area contributed by atoms with Gasteiger partial charge in [-0.15, -0.1) is 0 Å². The Morgan fingerprint density at radius 3 is 2.77 bits per heavy atom. The van der Waals surface area contributed by atoms with Crippen molar-refractivity contribution in [2.24, 2.45) is 0 Å². The number of nitrogens with zero attached hydrogens (tertiary/aromatic N) is 1. The van der Waals surface area contributed by atoms with Gasteiger partial charge >= 0.3 is 0 Å². The van der Waals surface area contributed by atoms with E-state index in [1.54, 1.807) is 0 Å². The van der Waals surface area contributed by atoms with Crippen LogP contribution in [0.2, 0.25) is 0 Å². The molecule has 1 atom stereocenters. The van der Waals surface area contributed by atoms with Crippen LogP contribution in [0.25, 0.3) is 0 Å². The van der Waals surface area contributed by atoms with Crippen LogP contribution in [-0.2, 0) is 11.4 Å². The van der Waals surface area contributed by atoms with E-state index >= 15 is 0 Å². The maximum absolute atomic E-state index is 11.5. The van der Waals surface area contributed by atoms with Crippen LogP contribution in [0.3, 0.4) is 0 Å². The van der Waals surface area contributed by atoms with Crippen molar-refractivity contribution in [3.05, 3.63) is 24.3 Å². The van der Waals surface area contributed by atoms with Crippen LogP contribution in [0.4, 0.5) is 11.4 Å². The molecule has 2 rings (SSSR count). The molecule has 0 aliphatic carbocycles. The van der Waals surface area contributed by atoms with E-state index in [1.807, 2.05) is 28.6 Å². The van der Waals surface area contributed by atoms with E-state index in [0.29, 0.717) is 5.69 Å². The van der Waals surface area contributed by atoms with E-state index in [9.17, 15) is 4.55 Å². The molecule has 70 valence electrons. The lowest BCUT2D eigenvalue weighted by Crippen LogP contribution is -2.25. The number of para-hydroxylation sites is 2. The molecule has 1 aromatic carbocycles. The fourth-order valence-corrected chi connectivity index (χ4v) is 2.80. The number of hydrogen-bond donors (Lipinski definition) is 1. The Morgan fingerprint density at radius 2 is 2.15 bits per heavy atom. The molecule has 0 amide bonds. The largest absolute Gasteiger partial charge is 0.593 e. The second-order valence-electron chi connectivity index (χ2n) is 3.04. The summed E-state index contributed by atoms with van der Waals surface area (Å²) in [5, 5.41) is 0. The molecule has 2 N–H and O–H groups in total. The summed E-state index contributed by atoms with van der Waals surface area (Å²) in [5.74, 6) is 0.758. The molecule has 0 saturated carbocycles. The van der Waals surface area contributed by atoms with Gasteiger partial charge in [0.2, 0.25) is 0 Å². The molecular weight excluding hydrogens is 184 g/mol. The smallest absolute Gasteiger partial charge is 0.133 e. The lowest BCUT2D eigenvalue weighted by Gasteiger charge is -2.19. The van der Waals surface area contributed by atoms with Crippen LogP contribution in [0, 0.1) is 0 Å². The predicted molar refractivity (Wildman–Crippen MR) is 55.8 cm³/mol. The van der Waals surface area contributed by atoms with Gasteiger partial charge in [0, 0.05) is 6.42 Å². The first-order valence-corrected chi connectivity index (χ1v) is 5.57. The van der Waals surface area contributed by atoms with Gasteiger partial charge in [0.15, 0.2) is 0 Å². The van der Waals surface area contributed by atoms with Gasteiger partial charge in [-0.1, -0.05) is 12.1 Å². The third-order valence-corrected chi connectivity index (χ3v) is 3.64. The highest BCUT2D eigenvalue weighted by Gasteiger charge is 2.27. The number of rotatable bonds is 1. The van der Waals surface area contributed by atoms with Crippen LogP contribution >= 0.6 is 0 Å². The van der Waals surface area contributed by atoms with Gasteiger partial charge in [-0.05, 0) is 12.1 Å². The van der Waals surface area contributed by atoms with E-state index in [2.05, 4.69) is 0 Å². The first-order valence-electron chi connectivity index (χ1n) is 4.29. The van der Waals surface area contributed by atoms with Crippen molar-refractivity contribution in [1.29, 1.82) is 0 Å². The molecular formula is C9H12N2OS. The van der Waals surface area contributed by atoms with Crippen molar-refractivity contribution >= 4 is 22.7 Å². The molecule has 1 heterocycles. The van der Waals surface area contributed by atoms with Gasteiger partial charge in [0.05, 0.1) is 23.6 Å². The van der Waals surface area contributed by atoms with Crippen molar-refractivity contribution in [3.63, 3.8) is 0 Å². The monoisotopic (exact) mass is 196 g/mol. The Morgan fingerprint density at radius 1 is 1.38 bits per heavy atom. The number of anilines is 2. The molecule has 13 heavy (non-hydrogen) atoms. The Kier molecular flexibility index (Phi) is 2.33. The van der Waals surface area contributed by atoms with Crippen molar-refractivity contribution in [2.75, 3.05) is 22.3 Å². The van der Waals surface area contributed by atoms with Crippen molar-refractivity contribution in [2.45, 2.75) is 6.42 Å². The lowest BCUT2D eigenvalue weighted by atomic mass is 10.2. The summed E-state index contributed by atoms with van der Waals surface area (Å²) in [6, 6.07) is 7.56. The second kappa shape index (κ2) is 3.47. The summed E-state index contributed by atoms with van der Waals surface area (Å²) in [5.41, 5.74) is 7.39. The minimum atomic E-state index is -0.869. The highest BCUT2D eigenvalue weighted by molar-refractivity contribution is 7.93. The number of benzene rings is 1. The van der Waals surface area contributed by atoms with Crippen LogP contribution in [0.5, 0.6) is 0 Å². The van der Waals surface area contributed by atoms with Crippen LogP contribution in [0.15, 0.2) is 24.3 Å². The highest BCUT2D eigenvalue weighted by Crippen LogP contribution is 2.28. The number of nitrogen functional groups attached to an aromatic ring is 1. The standard InChI is InChI=1S/C9H12N2OS/c10-8-4-1-2-5-9(8)11-6-3-7-13(11)12/h1-2,4-5H,3,6-7,10H2. The summed E-state index contributed by atoms with van der Waals surface area (Å²) < 4.78 is 13.4. The second-order valence-corrected chi connectivity index (χ2v) is 4.53. The summed E-state index contributed by atoms with van der Waals surface area (Å²) >= 11 is -0.869. The Balaban J connectivity index is 2.29. The molecule has 1 aliphatic rings. The van der Waals surface area contributed by atoms with Gasteiger partial charge in [-0.3, -0.25) is 0 Å². The average Bonchev–Trinajstić information content (AvgIpc) is 2.52.